The fraction of sp³-hybridized carbons (Fsp3) is 0.938. The van der Waals surface area contributed by atoms with Gasteiger partial charge < -0.3 is 9.47 Å². The smallest absolute Gasteiger partial charge is 0.325 e. The van der Waals surface area contributed by atoms with Gasteiger partial charge in [-0.15, -0.1) is 0 Å². The van der Waals surface area contributed by atoms with E-state index in [-0.39, 0.29) is 12.0 Å². The molecule has 1 saturated carbocycles. The summed E-state index contributed by atoms with van der Waals surface area (Å²) in [6.07, 6.45) is 6.95. The highest BCUT2D eigenvalue weighted by molar-refractivity contribution is 5.80. The normalized spacial score (nSPS) is 18.6. The van der Waals surface area contributed by atoms with Gasteiger partial charge in [-0.2, -0.15) is 0 Å². The second kappa shape index (κ2) is 8.63. The zero-order valence-electron chi connectivity index (χ0n) is 13.5. The second-order valence-electron chi connectivity index (χ2n) is 6.42. The van der Waals surface area contributed by atoms with Crippen LogP contribution in [0.5, 0.6) is 0 Å². The third kappa shape index (κ3) is 5.80. The van der Waals surface area contributed by atoms with Crippen molar-refractivity contribution in [2.45, 2.75) is 70.9 Å². The van der Waals surface area contributed by atoms with E-state index in [0.717, 1.165) is 32.0 Å². The highest BCUT2D eigenvalue weighted by atomic mass is 16.5. The van der Waals surface area contributed by atoms with Crippen molar-refractivity contribution in [3.8, 4) is 0 Å². The molecule has 0 spiro atoms. The van der Waals surface area contributed by atoms with Crippen molar-refractivity contribution in [3.05, 3.63) is 0 Å². The molecular formula is C16H31NO3. The van der Waals surface area contributed by atoms with Crippen LogP contribution in [0.4, 0.5) is 0 Å². The molecule has 1 rings (SSSR count). The minimum Gasteiger partial charge on any atom is -0.468 e. The van der Waals surface area contributed by atoms with Crippen LogP contribution in [0.3, 0.4) is 0 Å². The zero-order chi connectivity index (χ0) is 15.0. The van der Waals surface area contributed by atoms with Gasteiger partial charge in [-0.25, -0.2) is 0 Å². The van der Waals surface area contributed by atoms with E-state index in [4.69, 9.17) is 9.47 Å². The third-order valence-electron chi connectivity index (χ3n) is 4.10. The summed E-state index contributed by atoms with van der Waals surface area (Å²) >= 11 is 0. The predicted octanol–water partition coefficient (Wildman–Crippen LogP) is 2.90. The molecule has 0 heterocycles. The van der Waals surface area contributed by atoms with Crippen LogP contribution in [0.15, 0.2) is 0 Å². The van der Waals surface area contributed by atoms with E-state index in [1.165, 1.54) is 32.8 Å². The molecule has 118 valence electrons. The lowest BCUT2D eigenvalue weighted by atomic mass is 9.83. The molecule has 1 atom stereocenters. The number of carbonyl (C=O) groups excluding carboxylic acids is 1. The summed E-state index contributed by atoms with van der Waals surface area (Å²) in [5.74, 6) is 0.707. The van der Waals surface area contributed by atoms with Gasteiger partial charge in [-0.05, 0) is 46.0 Å². The number of rotatable bonds is 10. The molecule has 0 radical (unpaired) electrons. The molecule has 0 aromatic carbocycles. The molecule has 1 fully saturated rings. The van der Waals surface area contributed by atoms with E-state index < -0.39 is 5.54 Å². The van der Waals surface area contributed by atoms with Gasteiger partial charge in [0.15, 0.2) is 0 Å². The molecule has 4 heteroatoms. The minimum atomic E-state index is -0.611. The minimum absolute atomic E-state index is 0.194. The van der Waals surface area contributed by atoms with Crippen molar-refractivity contribution in [2.24, 2.45) is 5.92 Å². The average Bonchev–Trinajstić information content (AvgIpc) is 2.33. The Morgan fingerprint density at radius 2 is 2.05 bits per heavy atom. The number of hydrogen-bond acceptors (Lipinski definition) is 4. The first kappa shape index (κ1) is 17.4. The van der Waals surface area contributed by atoms with Crippen molar-refractivity contribution >= 4 is 5.97 Å². The van der Waals surface area contributed by atoms with Gasteiger partial charge in [0.25, 0.3) is 0 Å². The molecule has 1 N–H and O–H groups in total. The standard InChI is InChI=1S/C16H31NO3/c1-13(2)17-16(3,15(18)19-4)10-6-11-20-12-9-14-7-5-8-14/h13-14,17H,5-12H2,1-4H3. The largest absolute Gasteiger partial charge is 0.468 e. The van der Waals surface area contributed by atoms with Gasteiger partial charge in [-0.1, -0.05) is 19.3 Å². The maximum absolute atomic E-state index is 11.9. The quantitative estimate of drug-likeness (QED) is 0.495. The summed E-state index contributed by atoms with van der Waals surface area (Å²) < 4.78 is 10.6. The topological polar surface area (TPSA) is 47.6 Å². The number of nitrogens with one attached hydrogen (secondary N) is 1. The lowest BCUT2D eigenvalue weighted by Crippen LogP contribution is -2.53. The Balaban J connectivity index is 2.18. The number of methoxy groups -OCH3 is 1. The summed E-state index contributed by atoms with van der Waals surface area (Å²) in [4.78, 5) is 11.9. The summed E-state index contributed by atoms with van der Waals surface area (Å²) in [7, 11) is 1.44. The van der Waals surface area contributed by atoms with E-state index in [1.807, 2.05) is 20.8 Å². The van der Waals surface area contributed by atoms with Crippen LogP contribution in [0.2, 0.25) is 0 Å². The monoisotopic (exact) mass is 285 g/mol. The van der Waals surface area contributed by atoms with E-state index in [0.29, 0.717) is 0 Å². The average molecular weight is 285 g/mol. The van der Waals surface area contributed by atoms with Gasteiger partial charge in [0.2, 0.25) is 0 Å². The van der Waals surface area contributed by atoms with Crippen molar-refractivity contribution in [2.75, 3.05) is 20.3 Å². The number of carbonyl (C=O) groups is 1. The Morgan fingerprint density at radius 3 is 2.55 bits per heavy atom. The SMILES string of the molecule is COC(=O)C(C)(CCCOCCC1CCC1)NC(C)C. The molecule has 1 aliphatic rings. The van der Waals surface area contributed by atoms with Gasteiger partial charge in [0.05, 0.1) is 7.11 Å². The van der Waals surface area contributed by atoms with Crippen LogP contribution in [0.25, 0.3) is 0 Å². The number of esters is 1. The summed E-state index contributed by atoms with van der Waals surface area (Å²) in [6, 6.07) is 0.249. The fourth-order valence-electron chi connectivity index (χ4n) is 2.76. The molecule has 1 unspecified atom stereocenters. The molecule has 4 nitrogen and oxygen atoms in total. The summed E-state index contributed by atoms with van der Waals surface area (Å²) in [5.41, 5.74) is -0.611. The van der Waals surface area contributed by atoms with E-state index in [2.05, 4.69) is 5.32 Å². The first-order valence-corrected chi connectivity index (χ1v) is 7.92. The third-order valence-corrected chi connectivity index (χ3v) is 4.10. The van der Waals surface area contributed by atoms with Crippen molar-refractivity contribution in [1.82, 2.24) is 5.32 Å². The summed E-state index contributed by atoms with van der Waals surface area (Å²) in [6.45, 7) is 7.57. The van der Waals surface area contributed by atoms with Crippen LogP contribution in [0.1, 0.15) is 59.3 Å². The van der Waals surface area contributed by atoms with Crippen molar-refractivity contribution in [1.29, 1.82) is 0 Å². The second-order valence-corrected chi connectivity index (χ2v) is 6.42. The molecule has 1 aliphatic carbocycles. The zero-order valence-corrected chi connectivity index (χ0v) is 13.5. The predicted molar refractivity (Wildman–Crippen MR) is 80.7 cm³/mol. The number of ether oxygens (including phenoxy) is 2. The number of hydrogen-bond donors (Lipinski definition) is 1. The fourth-order valence-corrected chi connectivity index (χ4v) is 2.76. The Kier molecular flexibility index (Phi) is 7.52. The van der Waals surface area contributed by atoms with E-state index in [1.54, 1.807) is 0 Å². The Labute approximate surface area is 123 Å². The van der Waals surface area contributed by atoms with Crippen LogP contribution in [0, 0.1) is 5.92 Å². The van der Waals surface area contributed by atoms with Crippen molar-refractivity contribution in [3.63, 3.8) is 0 Å². The molecule has 0 amide bonds. The molecule has 0 saturated heterocycles. The maximum Gasteiger partial charge on any atom is 0.325 e. The van der Waals surface area contributed by atoms with Gasteiger partial charge in [0, 0.05) is 19.3 Å². The molecule has 0 aromatic heterocycles. The Morgan fingerprint density at radius 1 is 1.35 bits per heavy atom. The first-order valence-electron chi connectivity index (χ1n) is 7.92. The molecule has 20 heavy (non-hydrogen) atoms. The van der Waals surface area contributed by atoms with Crippen LogP contribution < -0.4 is 5.32 Å². The lowest BCUT2D eigenvalue weighted by Gasteiger charge is -2.30. The molecule has 0 aliphatic heterocycles. The van der Waals surface area contributed by atoms with Crippen LogP contribution in [-0.4, -0.2) is 37.9 Å². The molecular weight excluding hydrogens is 254 g/mol. The summed E-state index contributed by atoms with van der Waals surface area (Å²) in [5, 5.41) is 3.30. The van der Waals surface area contributed by atoms with E-state index in [9.17, 15) is 4.79 Å². The van der Waals surface area contributed by atoms with Gasteiger partial charge in [-0.3, -0.25) is 10.1 Å². The van der Waals surface area contributed by atoms with Gasteiger partial charge >= 0.3 is 5.97 Å². The highest BCUT2D eigenvalue weighted by Gasteiger charge is 2.34. The Bertz CT molecular complexity index is 289. The van der Waals surface area contributed by atoms with Gasteiger partial charge in [0.1, 0.15) is 5.54 Å². The lowest BCUT2D eigenvalue weighted by molar-refractivity contribution is -0.148. The molecule has 0 aromatic rings. The van der Waals surface area contributed by atoms with Crippen LogP contribution in [-0.2, 0) is 14.3 Å². The van der Waals surface area contributed by atoms with Crippen molar-refractivity contribution < 1.29 is 14.3 Å². The Hall–Kier alpha value is -0.610. The molecule has 0 bridgehead atoms. The maximum atomic E-state index is 11.9. The van der Waals surface area contributed by atoms with Crippen LogP contribution >= 0.6 is 0 Å². The van der Waals surface area contributed by atoms with E-state index >= 15 is 0 Å². The first-order chi connectivity index (χ1) is 9.48. The highest BCUT2D eigenvalue weighted by Crippen LogP contribution is 2.29.